The second-order valence-corrected chi connectivity index (χ2v) is 7.92. The van der Waals surface area contributed by atoms with Crippen LogP contribution < -0.4 is 14.8 Å². The molecule has 0 amide bonds. The summed E-state index contributed by atoms with van der Waals surface area (Å²) in [6.07, 6.45) is -1.08. The maximum Gasteiger partial charge on any atom is 0.164 e. The van der Waals surface area contributed by atoms with Gasteiger partial charge in [-0.15, -0.1) is 0 Å². The van der Waals surface area contributed by atoms with Gasteiger partial charge in [-0.05, 0) is 28.1 Å². The summed E-state index contributed by atoms with van der Waals surface area (Å²) in [5, 5.41) is 33.8. The van der Waals surface area contributed by atoms with Crippen LogP contribution in [0.3, 0.4) is 0 Å². The van der Waals surface area contributed by atoms with Gasteiger partial charge in [0, 0.05) is 28.8 Å². The van der Waals surface area contributed by atoms with E-state index >= 15 is 0 Å². The zero-order valence-corrected chi connectivity index (χ0v) is 18.5. The number of aliphatic hydroxyl groups is 3. The molecule has 1 aliphatic heterocycles. The molecule has 1 aromatic carbocycles. The number of methoxy groups -OCH3 is 2. The Bertz CT molecular complexity index is 1080. The van der Waals surface area contributed by atoms with E-state index in [1.165, 1.54) is 6.33 Å². The van der Waals surface area contributed by atoms with Crippen LogP contribution >= 0.6 is 15.9 Å². The van der Waals surface area contributed by atoms with Crippen molar-refractivity contribution in [3.05, 3.63) is 40.8 Å². The number of benzene rings is 1. The average molecular weight is 495 g/mol. The van der Waals surface area contributed by atoms with E-state index in [0.29, 0.717) is 39.4 Å². The first-order valence-electron chi connectivity index (χ1n) is 9.56. The summed E-state index contributed by atoms with van der Waals surface area (Å²) in [6.45, 7) is 0.0331. The van der Waals surface area contributed by atoms with Crippen LogP contribution in [0.5, 0.6) is 11.5 Å². The van der Waals surface area contributed by atoms with E-state index in [1.807, 2.05) is 12.1 Å². The van der Waals surface area contributed by atoms with Gasteiger partial charge in [-0.1, -0.05) is 0 Å². The summed E-state index contributed by atoms with van der Waals surface area (Å²) < 4.78 is 18.6. The van der Waals surface area contributed by atoms with Crippen LogP contribution in [-0.2, 0) is 11.3 Å². The molecule has 4 N–H and O–H groups in total. The highest BCUT2D eigenvalue weighted by Crippen LogP contribution is 2.37. The molecule has 3 heterocycles. The molecule has 3 aromatic rings. The van der Waals surface area contributed by atoms with Crippen molar-refractivity contribution < 1.29 is 29.5 Å². The number of anilines is 1. The summed E-state index contributed by atoms with van der Waals surface area (Å²) in [4.78, 5) is 8.69. The third kappa shape index (κ3) is 3.94. The molecule has 1 saturated heterocycles. The van der Waals surface area contributed by atoms with Crippen molar-refractivity contribution in [2.24, 2.45) is 0 Å². The molecule has 10 nitrogen and oxygen atoms in total. The highest BCUT2D eigenvalue weighted by molar-refractivity contribution is 9.10. The number of fused-ring (bicyclic) bond motifs is 1. The standard InChI is InChI=1S/C20H23BrN4O6/c1-29-11-4-3-10(13(5-11)30-2)6-22-18-15-12(21)7-25(19(15)24-9-23-18)20-17(28)16(27)14(8-26)31-20/h3-5,7,9,14,16-17,20,26-28H,6,8H2,1-2H3,(H,22,23,24)/t14-,16+,17-,20+/m1/s1. The number of halogens is 1. The maximum absolute atomic E-state index is 10.4. The summed E-state index contributed by atoms with van der Waals surface area (Å²) in [6, 6.07) is 5.56. The Morgan fingerprint density at radius 3 is 2.68 bits per heavy atom. The van der Waals surface area contributed by atoms with Gasteiger partial charge >= 0.3 is 0 Å². The third-order valence-corrected chi connectivity index (χ3v) is 5.90. The number of nitrogens with one attached hydrogen (secondary N) is 1. The van der Waals surface area contributed by atoms with Gasteiger partial charge in [0.15, 0.2) is 6.23 Å². The number of hydrogen-bond acceptors (Lipinski definition) is 9. The molecule has 0 spiro atoms. The lowest BCUT2D eigenvalue weighted by molar-refractivity contribution is -0.0509. The highest BCUT2D eigenvalue weighted by atomic mass is 79.9. The Morgan fingerprint density at radius 2 is 2.00 bits per heavy atom. The molecule has 4 atom stereocenters. The van der Waals surface area contributed by atoms with Gasteiger partial charge in [0.2, 0.25) is 0 Å². The van der Waals surface area contributed by atoms with Gasteiger partial charge in [0.1, 0.15) is 47.6 Å². The number of rotatable bonds is 7. The topological polar surface area (TPSA) is 131 Å². The lowest BCUT2D eigenvalue weighted by Gasteiger charge is -2.17. The fraction of sp³-hybridized carbons (Fsp3) is 0.400. The average Bonchev–Trinajstić information content (AvgIpc) is 3.28. The van der Waals surface area contributed by atoms with Gasteiger partial charge in [0.25, 0.3) is 0 Å². The minimum atomic E-state index is -1.21. The minimum absolute atomic E-state index is 0.402. The number of hydrogen-bond donors (Lipinski definition) is 4. The maximum atomic E-state index is 10.4. The second kappa shape index (κ2) is 8.97. The molecule has 4 rings (SSSR count). The molecule has 0 bridgehead atoms. The molecule has 11 heteroatoms. The first-order chi connectivity index (χ1) is 15.0. The van der Waals surface area contributed by atoms with E-state index in [4.69, 9.17) is 14.2 Å². The van der Waals surface area contributed by atoms with Gasteiger partial charge in [-0.25, -0.2) is 9.97 Å². The molecule has 2 aromatic heterocycles. The van der Waals surface area contributed by atoms with Crippen molar-refractivity contribution in [2.75, 3.05) is 26.1 Å². The molecule has 1 fully saturated rings. The monoisotopic (exact) mass is 494 g/mol. The minimum Gasteiger partial charge on any atom is -0.497 e. The van der Waals surface area contributed by atoms with E-state index in [0.717, 1.165) is 5.56 Å². The predicted molar refractivity (Wildman–Crippen MR) is 115 cm³/mol. The van der Waals surface area contributed by atoms with E-state index < -0.39 is 31.1 Å². The Hall–Kier alpha value is -2.44. The van der Waals surface area contributed by atoms with E-state index in [2.05, 4.69) is 31.2 Å². The molecule has 1 aliphatic rings. The highest BCUT2D eigenvalue weighted by Gasteiger charge is 2.44. The number of ether oxygens (including phenoxy) is 3. The van der Waals surface area contributed by atoms with E-state index in [1.54, 1.807) is 31.0 Å². The second-order valence-electron chi connectivity index (χ2n) is 7.07. The largest absolute Gasteiger partial charge is 0.497 e. The van der Waals surface area contributed by atoms with Gasteiger partial charge < -0.3 is 39.4 Å². The summed E-state index contributed by atoms with van der Waals surface area (Å²) in [7, 11) is 3.19. The van der Waals surface area contributed by atoms with Crippen molar-refractivity contribution >= 4 is 32.8 Å². The third-order valence-electron chi connectivity index (χ3n) is 5.29. The fourth-order valence-electron chi connectivity index (χ4n) is 3.65. The van der Waals surface area contributed by atoms with E-state index in [9.17, 15) is 15.3 Å². The van der Waals surface area contributed by atoms with Gasteiger partial charge in [0.05, 0.1) is 26.2 Å². The van der Waals surface area contributed by atoms with Crippen LogP contribution in [0.1, 0.15) is 11.8 Å². The Labute approximate surface area is 186 Å². The van der Waals surface area contributed by atoms with Crippen molar-refractivity contribution in [2.45, 2.75) is 31.1 Å². The van der Waals surface area contributed by atoms with E-state index in [-0.39, 0.29) is 0 Å². The fourth-order valence-corrected chi connectivity index (χ4v) is 4.24. The predicted octanol–water partition coefficient (Wildman–Crippen LogP) is 1.43. The zero-order chi connectivity index (χ0) is 22.1. The van der Waals surface area contributed by atoms with Crippen molar-refractivity contribution in [1.82, 2.24) is 14.5 Å². The Balaban J connectivity index is 1.64. The SMILES string of the molecule is COc1ccc(CNc2ncnc3c2c(Br)cn3[C@H]2O[C@H](CO)[C@H](O)[C@H]2O)c(OC)c1. The molecule has 0 aliphatic carbocycles. The van der Waals surface area contributed by atoms with Crippen LogP contribution in [-0.4, -0.2) is 69.0 Å². The van der Waals surface area contributed by atoms with Crippen LogP contribution in [0.4, 0.5) is 5.82 Å². The van der Waals surface area contributed by atoms with Crippen LogP contribution in [0, 0.1) is 0 Å². The van der Waals surface area contributed by atoms with Gasteiger partial charge in [-0.2, -0.15) is 0 Å². The molecule has 166 valence electrons. The first-order valence-corrected chi connectivity index (χ1v) is 10.4. The van der Waals surface area contributed by atoms with Crippen LogP contribution in [0.25, 0.3) is 11.0 Å². The summed E-state index contributed by atoms with van der Waals surface area (Å²) in [5.74, 6) is 1.95. The van der Waals surface area contributed by atoms with Gasteiger partial charge in [-0.3, -0.25) is 0 Å². The summed E-state index contributed by atoms with van der Waals surface area (Å²) >= 11 is 3.53. The van der Waals surface area contributed by atoms with Crippen LogP contribution in [0.2, 0.25) is 0 Å². The van der Waals surface area contributed by atoms with Crippen molar-refractivity contribution in [3.8, 4) is 11.5 Å². The van der Waals surface area contributed by atoms with Crippen molar-refractivity contribution in [1.29, 1.82) is 0 Å². The zero-order valence-electron chi connectivity index (χ0n) is 16.9. The number of aromatic nitrogens is 3. The number of aliphatic hydroxyl groups excluding tert-OH is 3. The van der Waals surface area contributed by atoms with Crippen molar-refractivity contribution in [3.63, 3.8) is 0 Å². The number of nitrogens with zero attached hydrogens (tertiary/aromatic N) is 3. The lowest BCUT2D eigenvalue weighted by Crippen LogP contribution is -2.33. The Kier molecular flexibility index (Phi) is 6.30. The lowest BCUT2D eigenvalue weighted by atomic mass is 10.1. The normalized spacial score (nSPS) is 23.3. The van der Waals surface area contributed by atoms with Crippen LogP contribution in [0.15, 0.2) is 35.2 Å². The molecule has 31 heavy (non-hydrogen) atoms. The molecule has 0 saturated carbocycles. The summed E-state index contributed by atoms with van der Waals surface area (Å²) in [5.41, 5.74) is 1.41. The smallest absolute Gasteiger partial charge is 0.164 e. The quantitative estimate of drug-likeness (QED) is 0.385. The molecule has 0 unspecified atom stereocenters. The molecular formula is C20H23BrN4O6. The molecule has 0 radical (unpaired) electrons. The first kappa shape index (κ1) is 21.8. The Morgan fingerprint density at radius 1 is 1.19 bits per heavy atom. The molecular weight excluding hydrogens is 472 g/mol.